The van der Waals surface area contributed by atoms with Gasteiger partial charge in [-0.3, -0.25) is 0 Å². The number of methoxy groups -OCH3 is 1. The number of anilines is 1. The number of halogens is 1. The van der Waals surface area contributed by atoms with Crippen LogP contribution in [0.2, 0.25) is 0 Å². The number of carbonyl (C=O) groups is 1. The molecule has 0 spiro atoms. The van der Waals surface area contributed by atoms with Crippen molar-refractivity contribution in [1.29, 1.82) is 0 Å². The van der Waals surface area contributed by atoms with Crippen molar-refractivity contribution in [2.75, 3.05) is 12.4 Å². The Morgan fingerprint density at radius 3 is 2.63 bits per heavy atom. The molecule has 0 amide bonds. The number of carboxylic acids is 1. The Morgan fingerprint density at radius 2 is 2.00 bits per heavy atom. The van der Waals surface area contributed by atoms with Crippen LogP contribution in [-0.2, 0) is 0 Å². The van der Waals surface area contributed by atoms with Crippen LogP contribution in [0, 0.1) is 6.92 Å². The molecular weight excluding hydrogens is 410 g/mol. The van der Waals surface area contributed by atoms with E-state index in [1.54, 1.807) is 31.5 Å². The largest absolute Gasteiger partial charge is 0.495 e. The molecule has 2 aromatic carbocycles. The molecule has 7 heteroatoms. The van der Waals surface area contributed by atoms with Gasteiger partial charge in [0.05, 0.1) is 22.7 Å². The highest BCUT2D eigenvalue weighted by Crippen LogP contribution is 2.42. The number of benzene rings is 2. The molecule has 3 aromatic rings. The summed E-state index contributed by atoms with van der Waals surface area (Å²) in [7, 11) is 1.58. The summed E-state index contributed by atoms with van der Waals surface area (Å²) in [6.07, 6.45) is 1.75. The first-order chi connectivity index (χ1) is 12.8. The van der Waals surface area contributed by atoms with Crippen LogP contribution in [0.1, 0.15) is 29.8 Å². The van der Waals surface area contributed by atoms with Gasteiger partial charge < -0.3 is 15.2 Å². The van der Waals surface area contributed by atoms with Crippen molar-refractivity contribution in [2.45, 2.75) is 26.8 Å². The predicted molar refractivity (Wildman–Crippen MR) is 110 cm³/mol. The highest BCUT2D eigenvalue weighted by molar-refractivity contribution is 9.10. The van der Waals surface area contributed by atoms with E-state index < -0.39 is 5.97 Å². The van der Waals surface area contributed by atoms with Gasteiger partial charge >= 0.3 is 5.97 Å². The maximum Gasteiger partial charge on any atom is 0.335 e. The quantitative estimate of drug-likeness (QED) is 0.600. The smallest absolute Gasteiger partial charge is 0.335 e. The van der Waals surface area contributed by atoms with Gasteiger partial charge in [-0.05, 0) is 66.0 Å². The Hall–Kier alpha value is -2.67. The summed E-state index contributed by atoms with van der Waals surface area (Å²) in [4.78, 5) is 20.3. The molecular formula is C20H20BrN3O3. The average Bonchev–Trinajstić information content (AvgIpc) is 2.62. The molecule has 1 aromatic heterocycles. The summed E-state index contributed by atoms with van der Waals surface area (Å²) in [5.41, 5.74) is 3.47. The van der Waals surface area contributed by atoms with Crippen molar-refractivity contribution < 1.29 is 14.6 Å². The third-order valence-electron chi connectivity index (χ3n) is 4.17. The number of nitrogens with one attached hydrogen (secondary N) is 1. The highest BCUT2D eigenvalue weighted by Gasteiger charge is 2.18. The van der Waals surface area contributed by atoms with Crippen molar-refractivity contribution in [1.82, 2.24) is 9.97 Å². The van der Waals surface area contributed by atoms with Gasteiger partial charge in [0.2, 0.25) is 5.95 Å². The molecule has 0 saturated carbocycles. The second-order valence-corrected chi connectivity index (χ2v) is 7.33. The van der Waals surface area contributed by atoms with Gasteiger partial charge in [-0.1, -0.05) is 6.07 Å². The average molecular weight is 430 g/mol. The molecule has 0 saturated heterocycles. The molecule has 0 atom stereocenters. The fraction of sp³-hybridized carbons (Fsp3) is 0.250. The monoisotopic (exact) mass is 429 g/mol. The van der Waals surface area contributed by atoms with Crippen molar-refractivity contribution in [2.24, 2.45) is 0 Å². The Balaban J connectivity index is 2.25. The fourth-order valence-electron chi connectivity index (χ4n) is 2.89. The number of fused-ring (bicyclic) bond motifs is 1. The van der Waals surface area contributed by atoms with Crippen LogP contribution < -0.4 is 10.1 Å². The normalized spacial score (nSPS) is 11.0. The molecule has 0 bridgehead atoms. The zero-order valence-corrected chi connectivity index (χ0v) is 17.1. The molecule has 2 N–H and O–H groups in total. The topological polar surface area (TPSA) is 84.3 Å². The first kappa shape index (κ1) is 19.1. The van der Waals surface area contributed by atoms with Crippen LogP contribution in [-0.4, -0.2) is 34.2 Å². The number of aromatic carboxylic acids is 1. The molecule has 6 nitrogen and oxygen atoms in total. The molecule has 0 aliphatic rings. The zero-order chi connectivity index (χ0) is 19.7. The maximum atomic E-state index is 11.4. The molecule has 0 aliphatic heterocycles. The summed E-state index contributed by atoms with van der Waals surface area (Å²) >= 11 is 3.60. The van der Waals surface area contributed by atoms with E-state index >= 15 is 0 Å². The number of rotatable bonds is 5. The van der Waals surface area contributed by atoms with E-state index in [9.17, 15) is 9.90 Å². The lowest BCUT2D eigenvalue weighted by Gasteiger charge is -2.16. The SMILES string of the molecule is COc1c(-c2cc(C(=O)O)ccc2C)cc2cnc(NC(C)C)nc2c1Br. The van der Waals surface area contributed by atoms with E-state index in [4.69, 9.17) is 4.74 Å². The lowest BCUT2D eigenvalue weighted by Crippen LogP contribution is -2.12. The van der Waals surface area contributed by atoms with Crippen molar-refractivity contribution in [3.05, 3.63) is 46.1 Å². The van der Waals surface area contributed by atoms with Crippen LogP contribution in [0.25, 0.3) is 22.0 Å². The number of hydrogen-bond acceptors (Lipinski definition) is 5. The minimum absolute atomic E-state index is 0.212. The fourth-order valence-corrected chi connectivity index (χ4v) is 3.59. The van der Waals surface area contributed by atoms with Crippen LogP contribution in [0.15, 0.2) is 34.9 Å². The first-order valence-corrected chi connectivity index (χ1v) is 9.25. The Labute approximate surface area is 165 Å². The molecule has 0 aliphatic carbocycles. The minimum Gasteiger partial charge on any atom is -0.495 e. The van der Waals surface area contributed by atoms with Gasteiger partial charge in [-0.2, -0.15) is 0 Å². The minimum atomic E-state index is -0.970. The van der Waals surface area contributed by atoms with Gasteiger partial charge in [0.25, 0.3) is 0 Å². The van der Waals surface area contributed by atoms with Crippen molar-refractivity contribution in [3.8, 4) is 16.9 Å². The summed E-state index contributed by atoms with van der Waals surface area (Å²) < 4.78 is 6.34. The summed E-state index contributed by atoms with van der Waals surface area (Å²) in [5.74, 6) is 0.169. The second-order valence-electron chi connectivity index (χ2n) is 6.54. The molecule has 3 rings (SSSR count). The third kappa shape index (κ3) is 3.73. The highest BCUT2D eigenvalue weighted by atomic mass is 79.9. The van der Waals surface area contributed by atoms with Gasteiger partial charge in [0, 0.05) is 23.2 Å². The molecule has 0 radical (unpaired) electrons. The summed E-state index contributed by atoms with van der Waals surface area (Å²) in [5, 5.41) is 13.3. The number of hydrogen-bond donors (Lipinski definition) is 2. The molecule has 1 heterocycles. The standard InChI is InChI=1S/C20H20BrN3O3/c1-10(2)23-20-22-9-13-8-15(18(27-4)16(21)17(13)24-20)14-7-12(19(25)26)6-5-11(14)3/h5-10H,1-4H3,(H,25,26)(H,22,23,24). The van der Waals surface area contributed by atoms with Crippen LogP contribution in [0.3, 0.4) is 0 Å². The van der Waals surface area contributed by atoms with Crippen LogP contribution >= 0.6 is 15.9 Å². The number of nitrogens with zero attached hydrogens (tertiary/aromatic N) is 2. The number of carboxylic acid groups (broad SMARTS) is 1. The molecule has 0 unspecified atom stereocenters. The van der Waals surface area contributed by atoms with Gasteiger partial charge in [0.15, 0.2) is 0 Å². The van der Waals surface area contributed by atoms with Crippen molar-refractivity contribution >= 4 is 38.8 Å². The van der Waals surface area contributed by atoms with E-state index in [1.807, 2.05) is 26.8 Å². The van der Waals surface area contributed by atoms with Gasteiger partial charge in [-0.15, -0.1) is 0 Å². The number of aromatic nitrogens is 2. The number of ether oxygens (including phenoxy) is 1. The maximum absolute atomic E-state index is 11.4. The summed E-state index contributed by atoms with van der Waals surface area (Å²) in [6.45, 7) is 5.97. The Bertz CT molecular complexity index is 1030. The van der Waals surface area contributed by atoms with Gasteiger partial charge in [0.1, 0.15) is 5.75 Å². The van der Waals surface area contributed by atoms with E-state index in [2.05, 4.69) is 31.2 Å². The lowest BCUT2D eigenvalue weighted by molar-refractivity contribution is 0.0697. The van der Waals surface area contributed by atoms with Crippen molar-refractivity contribution in [3.63, 3.8) is 0 Å². The molecule has 27 heavy (non-hydrogen) atoms. The third-order valence-corrected chi connectivity index (χ3v) is 4.90. The Morgan fingerprint density at radius 1 is 1.26 bits per heavy atom. The summed E-state index contributed by atoms with van der Waals surface area (Å²) in [6, 6.07) is 7.18. The number of aryl methyl sites for hydroxylation is 1. The van der Waals surface area contributed by atoms with Crippen LogP contribution in [0.5, 0.6) is 5.75 Å². The first-order valence-electron chi connectivity index (χ1n) is 8.46. The van der Waals surface area contributed by atoms with E-state index in [1.165, 1.54) is 0 Å². The predicted octanol–water partition coefficient (Wildman–Crippen LogP) is 4.89. The van der Waals surface area contributed by atoms with E-state index in [0.29, 0.717) is 16.2 Å². The lowest BCUT2D eigenvalue weighted by atomic mass is 9.96. The molecule has 0 fully saturated rings. The van der Waals surface area contributed by atoms with E-state index in [-0.39, 0.29) is 11.6 Å². The van der Waals surface area contributed by atoms with Crippen LogP contribution in [0.4, 0.5) is 5.95 Å². The van der Waals surface area contributed by atoms with Gasteiger partial charge in [-0.25, -0.2) is 14.8 Å². The zero-order valence-electron chi connectivity index (χ0n) is 15.5. The Kier molecular flexibility index (Phi) is 5.32. The molecule has 140 valence electrons. The second kappa shape index (κ2) is 7.52. The van der Waals surface area contributed by atoms with E-state index in [0.717, 1.165) is 27.6 Å².